The molecule has 8 nitrogen and oxygen atoms in total. The lowest BCUT2D eigenvalue weighted by atomic mass is 9.94. The van der Waals surface area contributed by atoms with Crippen molar-refractivity contribution in [3.8, 4) is 39.5 Å². The maximum atomic E-state index is 16.0. The van der Waals surface area contributed by atoms with Gasteiger partial charge in [-0.15, -0.1) is 11.3 Å². The van der Waals surface area contributed by atoms with Crippen LogP contribution in [0.3, 0.4) is 0 Å². The Labute approximate surface area is 255 Å². The quantitative estimate of drug-likeness (QED) is 0.193. The van der Waals surface area contributed by atoms with E-state index in [4.69, 9.17) is 19.6 Å². The molecule has 5 heterocycles. The average molecular weight is 619 g/mol. The Bertz CT molecular complexity index is 2020. The number of aryl methyl sites for hydroxylation is 1. The summed E-state index contributed by atoms with van der Waals surface area (Å²) in [6.45, 7) is 5.02. The molecule has 6 aromatic rings. The molecule has 4 aromatic heterocycles. The number of methoxy groups -OCH3 is 1. The zero-order valence-corrected chi connectivity index (χ0v) is 25.3. The van der Waals surface area contributed by atoms with Crippen LogP contribution < -0.4 is 10.1 Å². The van der Waals surface area contributed by atoms with Crippen molar-refractivity contribution in [2.24, 2.45) is 7.05 Å². The fourth-order valence-electron chi connectivity index (χ4n) is 5.87. The van der Waals surface area contributed by atoms with Crippen molar-refractivity contribution in [1.29, 1.82) is 0 Å². The topological polar surface area (TPSA) is 79.0 Å². The minimum absolute atomic E-state index is 0.000886. The Balaban J connectivity index is 1.56. The van der Waals surface area contributed by atoms with Crippen molar-refractivity contribution in [1.82, 2.24) is 29.6 Å². The monoisotopic (exact) mass is 618 g/mol. The maximum Gasteiger partial charge on any atom is 0.142 e. The van der Waals surface area contributed by atoms with Gasteiger partial charge in [-0.1, -0.05) is 6.07 Å². The van der Waals surface area contributed by atoms with Crippen LogP contribution in [-0.4, -0.2) is 51.2 Å². The molecule has 2 unspecified atom stereocenters. The average Bonchev–Trinajstić information content (AvgIpc) is 3.72. The van der Waals surface area contributed by atoms with E-state index in [1.165, 1.54) is 23.8 Å². The molecule has 0 fully saturated rings. The van der Waals surface area contributed by atoms with Crippen LogP contribution in [-0.2, 0) is 11.8 Å². The van der Waals surface area contributed by atoms with Gasteiger partial charge in [-0.3, -0.25) is 4.68 Å². The molecule has 226 valence electrons. The molecular formula is C32H29F3N6O2S. The van der Waals surface area contributed by atoms with Gasteiger partial charge in [-0.2, -0.15) is 5.10 Å². The number of nitrogens with one attached hydrogen (secondary N) is 1. The third-order valence-corrected chi connectivity index (χ3v) is 9.03. The van der Waals surface area contributed by atoms with E-state index in [-0.39, 0.29) is 53.3 Å². The number of hydrogen-bond acceptors (Lipinski definition) is 7. The number of aromatic nitrogens is 5. The van der Waals surface area contributed by atoms with Gasteiger partial charge < -0.3 is 19.4 Å². The zero-order valence-electron chi connectivity index (χ0n) is 24.5. The molecule has 2 aromatic carbocycles. The smallest absolute Gasteiger partial charge is 0.142 e. The Morgan fingerprint density at radius 2 is 1.86 bits per heavy atom. The van der Waals surface area contributed by atoms with Crippen molar-refractivity contribution in [2.45, 2.75) is 25.9 Å². The van der Waals surface area contributed by atoms with Gasteiger partial charge in [-0.05, 0) is 32.0 Å². The van der Waals surface area contributed by atoms with Gasteiger partial charge in [0.2, 0.25) is 0 Å². The summed E-state index contributed by atoms with van der Waals surface area (Å²) in [5, 5.41) is 9.92. The molecule has 44 heavy (non-hydrogen) atoms. The fourth-order valence-corrected chi connectivity index (χ4v) is 6.80. The predicted octanol–water partition coefficient (Wildman–Crippen LogP) is 7.05. The summed E-state index contributed by atoms with van der Waals surface area (Å²) in [6, 6.07) is 9.57. The number of benzene rings is 2. The van der Waals surface area contributed by atoms with Crippen LogP contribution in [0.1, 0.15) is 31.6 Å². The standard InChI is InChI=1S/C32H29F3N6O2S/c1-16-13-36-17(2)25-12-23(39-41(16)25)31-29(27-20(34)10-19(33)11-26(27)43-8-7-42-4)28-21(35)14-44-32(28)30(38-31)18-5-6-24-22(9-18)37-15-40(24)3/h5-6,9-12,14-17,36H,7-8,13H2,1-4H3. The van der Waals surface area contributed by atoms with Crippen LogP contribution >= 0.6 is 11.3 Å². The van der Waals surface area contributed by atoms with E-state index >= 15 is 8.78 Å². The predicted molar refractivity (Wildman–Crippen MR) is 164 cm³/mol. The van der Waals surface area contributed by atoms with Gasteiger partial charge in [0.05, 0.1) is 51.7 Å². The molecule has 0 saturated carbocycles. The van der Waals surface area contributed by atoms with Crippen LogP contribution in [0.5, 0.6) is 5.75 Å². The molecule has 2 atom stereocenters. The number of ether oxygens (including phenoxy) is 2. The number of fused-ring (bicyclic) bond motifs is 3. The zero-order chi connectivity index (χ0) is 30.7. The summed E-state index contributed by atoms with van der Waals surface area (Å²) in [7, 11) is 3.41. The maximum absolute atomic E-state index is 16.0. The van der Waals surface area contributed by atoms with E-state index in [2.05, 4.69) is 10.3 Å². The van der Waals surface area contributed by atoms with Crippen molar-refractivity contribution in [3.63, 3.8) is 0 Å². The lowest BCUT2D eigenvalue weighted by Gasteiger charge is -2.27. The Hall–Kier alpha value is -4.26. The lowest BCUT2D eigenvalue weighted by Crippen LogP contribution is -2.34. The minimum atomic E-state index is -0.901. The summed E-state index contributed by atoms with van der Waals surface area (Å²) >= 11 is 1.17. The molecule has 0 saturated heterocycles. The van der Waals surface area contributed by atoms with E-state index in [0.717, 1.165) is 34.4 Å². The van der Waals surface area contributed by atoms with Crippen LogP contribution in [0, 0.1) is 17.5 Å². The first-order valence-corrected chi connectivity index (χ1v) is 15.1. The van der Waals surface area contributed by atoms with E-state index in [1.807, 2.05) is 54.4 Å². The normalized spacial score (nSPS) is 16.6. The first-order valence-electron chi connectivity index (χ1n) is 14.2. The largest absolute Gasteiger partial charge is 0.490 e. The van der Waals surface area contributed by atoms with Gasteiger partial charge in [0.15, 0.2) is 0 Å². The van der Waals surface area contributed by atoms with Gasteiger partial charge in [-0.25, -0.2) is 23.1 Å². The molecule has 0 radical (unpaired) electrons. The number of pyridine rings is 1. The van der Waals surface area contributed by atoms with Crippen LogP contribution in [0.25, 0.3) is 54.9 Å². The first kappa shape index (κ1) is 28.5. The summed E-state index contributed by atoms with van der Waals surface area (Å²) in [6.07, 6.45) is 1.73. The van der Waals surface area contributed by atoms with E-state index < -0.39 is 17.5 Å². The number of hydrogen-bond donors (Lipinski definition) is 1. The van der Waals surface area contributed by atoms with Crippen molar-refractivity contribution < 1.29 is 22.6 Å². The summed E-state index contributed by atoms with van der Waals surface area (Å²) in [5.41, 5.74) is 4.60. The second-order valence-corrected chi connectivity index (χ2v) is 11.9. The number of halogens is 3. The SMILES string of the molecule is COCCOc1cc(F)cc(F)c1-c1c(-c2cc3n(n2)C(C)CNC3C)nc(-c2ccc3c(c2)ncn3C)c2scc(F)c12. The van der Waals surface area contributed by atoms with Crippen LogP contribution in [0.2, 0.25) is 0 Å². The van der Waals surface area contributed by atoms with E-state index in [9.17, 15) is 4.39 Å². The highest BCUT2D eigenvalue weighted by molar-refractivity contribution is 7.17. The summed E-state index contributed by atoms with van der Waals surface area (Å²) in [4.78, 5) is 9.60. The van der Waals surface area contributed by atoms with Gasteiger partial charge in [0, 0.05) is 60.8 Å². The molecule has 0 amide bonds. The highest BCUT2D eigenvalue weighted by atomic mass is 32.1. The lowest BCUT2D eigenvalue weighted by molar-refractivity contribution is 0.146. The number of thiophene rings is 1. The van der Waals surface area contributed by atoms with Crippen molar-refractivity contribution in [2.75, 3.05) is 26.9 Å². The van der Waals surface area contributed by atoms with Gasteiger partial charge in [0.1, 0.15) is 41.2 Å². The van der Waals surface area contributed by atoms with Crippen LogP contribution in [0.15, 0.2) is 48.1 Å². The molecule has 1 aliphatic heterocycles. The van der Waals surface area contributed by atoms with E-state index in [0.29, 0.717) is 22.6 Å². The fraction of sp³-hybridized carbons (Fsp3) is 0.281. The van der Waals surface area contributed by atoms with E-state index in [1.54, 1.807) is 6.33 Å². The Morgan fingerprint density at radius 3 is 2.66 bits per heavy atom. The molecule has 1 N–H and O–H groups in total. The first-order chi connectivity index (χ1) is 21.2. The molecular weight excluding hydrogens is 589 g/mol. The highest BCUT2D eigenvalue weighted by Gasteiger charge is 2.30. The second kappa shape index (κ2) is 11.0. The van der Waals surface area contributed by atoms with Gasteiger partial charge >= 0.3 is 0 Å². The molecule has 12 heteroatoms. The highest BCUT2D eigenvalue weighted by Crippen LogP contribution is 2.48. The Kier molecular flexibility index (Phi) is 7.14. The Morgan fingerprint density at radius 1 is 1.02 bits per heavy atom. The third kappa shape index (κ3) is 4.64. The number of imidazole rings is 1. The molecule has 7 rings (SSSR count). The van der Waals surface area contributed by atoms with Crippen molar-refractivity contribution >= 4 is 32.5 Å². The minimum Gasteiger partial charge on any atom is -0.490 e. The summed E-state index contributed by atoms with van der Waals surface area (Å²) in [5.74, 6) is -2.35. The number of nitrogens with zero attached hydrogens (tertiary/aromatic N) is 5. The second-order valence-electron chi connectivity index (χ2n) is 11.0. The third-order valence-electron chi connectivity index (χ3n) is 8.07. The molecule has 1 aliphatic rings. The number of rotatable bonds is 7. The van der Waals surface area contributed by atoms with Crippen molar-refractivity contribution in [3.05, 3.63) is 71.3 Å². The molecule has 0 aliphatic carbocycles. The van der Waals surface area contributed by atoms with Crippen LogP contribution in [0.4, 0.5) is 13.2 Å². The molecule has 0 bridgehead atoms. The van der Waals surface area contributed by atoms with Gasteiger partial charge in [0.25, 0.3) is 0 Å². The molecule has 0 spiro atoms. The summed E-state index contributed by atoms with van der Waals surface area (Å²) < 4.78 is 61.8.